The number of carboxylic acid groups (broad SMARTS) is 1. The zero-order valence-corrected chi connectivity index (χ0v) is 12.4. The van der Waals surface area contributed by atoms with Crippen molar-refractivity contribution < 1.29 is 14.6 Å². The van der Waals surface area contributed by atoms with Crippen molar-refractivity contribution in [2.75, 3.05) is 37.4 Å². The molecule has 0 spiro atoms. The number of hydrogen-bond donors (Lipinski definition) is 2. The van der Waals surface area contributed by atoms with Crippen LogP contribution in [0.15, 0.2) is 18.2 Å². The molecule has 1 rings (SSSR count). The fourth-order valence-corrected chi connectivity index (χ4v) is 1.78. The third-order valence-electron chi connectivity index (χ3n) is 3.10. The molecule has 0 aliphatic carbocycles. The minimum absolute atomic E-state index is 0.202. The van der Waals surface area contributed by atoms with E-state index in [1.54, 1.807) is 12.1 Å². The molecule has 1 aromatic carbocycles. The number of nitrogens with zero attached hydrogens (tertiary/aromatic N) is 1. The van der Waals surface area contributed by atoms with Gasteiger partial charge in [-0.25, -0.2) is 4.79 Å². The van der Waals surface area contributed by atoms with Gasteiger partial charge in [0.25, 0.3) is 0 Å². The lowest BCUT2D eigenvalue weighted by Crippen LogP contribution is -2.24. The summed E-state index contributed by atoms with van der Waals surface area (Å²) in [5, 5.41) is 8.89. The quantitative estimate of drug-likeness (QED) is 0.565. The van der Waals surface area contributed by atoms with E-state index in [0.717, 1.165) is 18.7 Å². The normalized spacial score (nSPS) is 10.8. The molecule has 0 saturated carbocycles. The molecular formula is C15H24N2O3. The van der Waals surface area contributed by atoms with Crippen LogP contribution in [-0.4, -0.2) is 37.9 Å². The molecule has 0 fully saturated rings. The van der Waals surface area contributed by atoms with Crippen molar-refractivity contribution in [2.24, 2.45) is 5.92 Å². The molecule has 0 heterocycles. The number of nitrogen functional groups attached to an aromatic ring is 1. The molecule has 0 saturated heterocycles. The van der Waals surface area contributed by atoms with Gasteiger partial charge in [-0.1, -0.05) is 13.8 Å². The monoisotopic (exact) mass is 280 g/mol. The maximum Gasteiger partial charge on any atom is 0.335 e. The highest BCUT2D eigenvalue weighted by molar-refractivity contribution is 5.90. The number of benzene rings is 1. The number of carboxylic acids is 1. The lowest BCUT2D eigenvalue weighted by Gasteiger charge is -2.21. The Morgan fingerprint density at radius 2 is 2.10 bits per heavy atom. The Hall–Kier alpha value is -1.75. The molecule has 0 radical (unpaired) electrons. The second-order valence-electron chi connectivity index (χ2n) is 5.30. The molecular weight excluding hydrogens is 256 g/mol. The van der Waals surface area contributed by atoms with Crippen LogP contribution in [0.2, 0.25) is 0 Å². The lowest BCUT2D eigenvalue weighted by atomic mass is 10.1. The third kappa shape index (κ3) is 5.09. The summed E-state index contributed by atoms with van der Waals surface area (Å²) in [7, 11) is 1.91. The maximum absolute atomic E-state index is 10.8. The van der Waals surface area contributed by atoms with Crippen LogP contribution >= 0.6 is 0 Å². The fourth-order valence-electron chi connectivity index (χ4n) is 1.78. The van der Waals surface area contributed by atoms with Gasteiger partial charge in [-0.3, -0.25) is 0 Å². The molecule has 0 atom stereocenters. The molecule has 1 aromatic rings. The van der Waals surface area contributed by atoms with Crippen LogP contribution in [0.3, 0.4) is 0 Å². The molecule has 5 nitrogen and oxygen atoms in total. The van der Waals surface area contributed by atoms with Crippen molar-refractivity contribution in [2.45, 2.75) is 20.3 Å². The zero-order valence-electron chi connectivity index (χ0n) is 12.4. The van der Waals surface area contributed by atoms with Crippen LogP contribution in [-0.2, 0) is 4.74 Å². The van der Waals surface area contributed by atoms with Crippen LogP contribution < -0.4 is 10.6 Å². The van der Waals surface area contributed by atoms with E-state index in [1.807, 2.05) is 11.9 Å². The second kappa shape index (κ2) is 7.75. The number of carbonyl (C=O) groups is 1. The molecule has 0 aliphatic heterocycles. The highest BCUT2D eigenvalue weighted by atomic mass is 16.5. The SMILES string of the molecule is CC(C)CCOCCN(C)c1ccc(C(=O)O)cc1N. The number of anilines is 2. The molecule has 0 aromatic heterocycles. The largest absolute Gasteiger partial charge is 0.478 e. The Kier molecular flexibility index (Phi) is 6.31. The van der Waals surface area contributed by atoms with Crippen molar-refractivity contribution >= 4 is 17.3 Å². The van der Waals surface area contributed by atoms with Gasteiger partial charge in [-0.05, 0) is 30.5 Å². The summed E-state index contributed by atoms with van der Waals surface area (Å²) in [6, 6.07) is 4.77. The van der Waals surface area contributed by atoms with Gasteiger partial charge in [-0.15, -0.1) is 0 Å². The van der Waals surface area contributed by atoms with Crippen molar-refractivity contribution in [1.82, 2.24) is 0 Å². The predicted octanol–water partition coefficient (Wildman–Crippen LogP) is 2.47. The Balaban J connectivity index is 2.47. The third-order valence-corrected chi connectivity index (χ3v) is 3.10. The van der Waals surface area contributed by atoms with Gasteiger partial charge in [0.1, 0.15) is 0 Å². The highest BCUT2D eigenvalue weighted by Gasteiger charge is 2.09. The summed E-state index contributed by atoms with van der Waals surface area (Å²) in [5.74, 6) is -0.324. The van der Waals surface area contributed by atoms with Gasteiger partial charge in [0.2, 0.25) is 0 Å². The highest BCUT2D eigenvalue weighted by Crippen LogP contribution is 2.23. The van der Waals surface area contributed by atoms with Gasteiger partial charge in [0, 0.05) is 20.2 Å². The van der Waals surface area contributed by atoms with E-state index in [4.69, 9.17) is 15.6 Å². The molecule has 0 aliphatic rings. The lowest BCUT2D eigenvalue weighted by molar-refractivity contribution is 0.0697. The first kappa shape index (κ1) is 16.3. The molecule has 112 valence electrons. The topological polar surface area (TPSA) is 75.8 Å². The molecule has 20 heavy (non-hydrogen) atoms. The molecule has 3 N–H and O–H groups in total. The van der Waals surface area contributed by atoms with Crippen LogP contribution in [0.5, 0.6) is 0 Å². The van der Waals surface area contributed by atoms with Crippen molar-refractivity contribution in [1.29, 1.82) is 0 Å². The van der Waals surface area contributed by atoms with Gasteiger partial charge >= 0.3 is 5.97 Å². The van der Waals surface area contributed by atoms with E-state index in [1.165, 1.54) is 6.07 Å². The second-order valence-corrected chi connectivity index (χ2v) is 5.30. The molecule has 5 heteroatoms. The smallest absolute Gasteiger partial charge is 0.335 e. The summed E-state index contributed by atoms with van der Waals surface area (Å²) < 4.78 is 5.56. The summed E-state index contributed by atoms with van der Waals surface area (Å²) in [6.07, 6.45) is 1.05. The standard InChI is InChI=1S/C15H24N2O3/c1-11(2)6-8-20-9-7-17(3)14-5-4-12(15(18)19)10-13(14)16/h4-5,10-11H,6-9,16H2,1-3H3,(H,18,19). The average Bonchev–Trinajstić information content (AvgIpc) is 2.37. The number of likely N-dealkylation sites (N-methyl/N-ethyl adjacent to an activating group) is 1. The number of nitrogens with two attached hydrogens (primary N) is 1. The first-order chi connectivity index (χ1) is 9.41. The van der Waals surface area contributed by atoms with E-state index in [0.29, 0.717) is 24.8 Å². The Labute approximate surface area is 120 Å². The van der Waals surface area contributed by atoms with E-state index < -0.39 is 5.97 Å². The van der Waals surface area contributed by atoms with Gasteiger partial charge < -0.3 is 20.5 Å². The number of hydrogen-bond acceptors (Lipinski definition) is 4. The van der Waals surface area contributed by atoms with E-state index in [2.05, 4.69) is 13.8 Å². The van der Waals surface area contributed by atoms with Gasteiger partial charge in [0.15, 0.2) is 0 Å². The van der Waals surface area contributed by atoms with Crippen LogP contribution in [0.25, 0.3) is 0 Å². The average molecular weight is 280 g/mol. The Morgan fingerprint density at radius 1 is 1.40 bits per heavy atom. The van der Waals surface area contributed by atoms with Crippen molar-refractivity contribution in [3.63, 3.8) is 0 Å². The maximum atomic E-state index is 10.8. The minimum atomic E-state index is -0.970. The summed E-state index contributed by atoms with van der Waals surface area (Å²) in [6.45, 7) is 6.44. The molecule has 0 bridgehead atoms. The number of rotatable bonds is 8. The summed E-state index contributed by atoms with van der Waals surface area (Å²) >= 11 is 0. The molecule has 0 unspecified atom stereocenters. The first-order valence-electron chi connectivity index (χ1n) is 6.83. The van der Waals surface area contributed by atoms with Gasteiger partial charge in [0.05, 0.1) is 23.5 Å². The van der Waals surface area contributed by atoms with E-state index in [-0.39, 0.29) is 5.56 Å². The number of aromatic carboxylic acids is 1. The van der Waals surface area contributed by atoms with Gasteiger partial charge in [-0.2, -0.15) is 0 Å². The van der Waals surface area contributed by atoms with Crippen molar-refractivity contribution in [3.8, 4) is 0 Å². The van der Waals surface area contributed by atoms with E-state index in [9.17, 15) is 4.79 Å². The zero-order chi connectivity index (χ0) is 15.1. The Bertz CT molecular complexity index is 447. The summed E-state index contributed by atoms with van der Waals surface area (Å²) in [5.41, 5.74) is 7.38. The minimum Gasteiger partial charge on any atom is -0.478 e. The van der Waals surface area contributed by atoms with Crippen LogP contribution in [0.1, 0.15) is 30.6 Å². The summed E-state index contributed by atoms with van der Waals surface area (Å²) in [4.78, 5) is 12.8. The fraction of sp³-hybridized carbons (Fsp3) is 0.533. The van der Waals surface area contributed by atoms with E-state index >= 15 is 0 Å². The predicted molar refractivity (Wildman–Crippen MR) is 81.4 cm³/mol. The number of ether oxygens (including phenoxy) is 1. The molecule has 0 amide bonds. The first-order valence-corrected chi connectivity index (χ1v) is 6.83. The van der Waals surface area contributed by atoms with Crippen LogP contribution in [0.4, 0.5) is 11.4 Å². The van der Waals surface area contributed by atoms with Crippen molar-refractivity contribution in [3.05, 3.63) is 23.8 Å². The Morgan fingerprint density at radius 3 is 2.65 bits per heavy atom. The van der Waals surface area contributed by atoms with Crippen LogP contribution in [0, 0.1) is 5.92 Å².